The van der Waals surface area contributed by atoms with Gasteiger partial charge in [0.25, 0.3) is 0 Å². The zero-order valence-electron chi connectivity index (χ0n) is 25.6. The number of aromatic carboxylic acids is 1. The second kappa shape index (κ2) is 15.7. The zero-order valence-corrected chi connectivity index (χ0v) is 25.6. The van der Waals surface area contributed by atoms with E-state index in [2.05, 4.69) is 62.4 Å². The van der Waals surface area contributed by atoms with Gasteiger partial charge < -0.3 is 26.4 Å². The summed E-state index contributed by atoms with van der Waals surface area (Å²) in [5, 5.41) is 22.3. The van der Waals surface area contributed by atoms with Gasteiger partial charge in [-0.15, -0.1) is 0 Å². The number of rotatable bonds is 14. The van der Waals surface area contributed by atoms with Gasteiger partial charge in [-0.25, -0.2) is 4.79 Å². The molecule has 0 spiro atoms. The third-order valence-electron chi connectivity index (χ3n) is 8.21. The van der Waals surface area contributed by atoms with Crippen molar-refractivity contribution in [1.29, 1.82) is 0 Å². The first-order valence-electron chi connectivity index (χ1n) is 15.6. The number of carbonyl (C=O) groups is 2. The molecular formula is C35H41N7O3. The molecule has 1 aliphatic rings. The van der Waals surface area contributed by atoms with Gasteiger partial charge in [-0.2, -0.15) is 15.0 Å². The number of carboxylic acid groups (broad SMARTS) is 1. The summed E-state index contributed by atoms with van der Waals surface area (Å²) in [5.74, 6) is 0.823. The summed E-state index contributed by atoms with van der Waals surface area (Å²) in [6.07, 6.45) is 4.01. The lowest BCUT2D eigenvalue weighted by molar-refractivity contribution is -0.126. The summed E-state index contributed by atoms with van der Waals surface area (Å²) in [5.41, 5.74) is 3.59. The lowest BCUT2D eigenvalue weighted by Gasteiger charge is -2.28. The Morgan fingerprint density at radius 3 is 2.07 bits per heavy atom. The van der Waals surface area contributed by atoms with Crippen LogP contribution in [-0.2, 0) is 17.8 Å². The quantitative estimate of drug-likeness (QED) is 0.122. The van der Waals surface area contributed by atoms with Gasteiger partial charge in [0.05, 0.1) is 5.56 Å². The van der Waals surface area contributed by atoms with E-state index >= 15 is 0 Å². The molecular weight excluding hydrogens is 566 g/mol. The summed E-state index contributed by atoms with van der Waals surface area (Å²) in [7, 11) is 0. The van der Waals surface area contributed by atoms with E-state index < -0.39 is 5.97 Å². The minimum absolute atomic E-state index is 0.0276. The highest BCUT2D eigenvalue weighted by Crippen LogP contribution is 2.27. The van der Waals surface area contributed by atoms with Crippen LogP contribution in [0.3, 0.4) is 0 Å². The minimum Gasteiger partial charge on any atom is -0.478 e. The smallest absolute Gasteiger partial charge is 0.335 e. The van der Waals surface area contributed by atoms with Crippen LogP contribution in [0.1, 0.15) is 65.6 Å². The number of nitrogens with one attached hydrogen (secondary N) is 4. The molecule has 45 heavy (non-hydrogen) atoms. The van der Waals surface area contributed by atoms with E-state index in [1.54, 1.807) is 24.3 Å². The van der Waals surface area contributed by atoms with Crippen LogP contribution < -0.4 is 21.3 Å². The second-order valence-electron chi connectivity index (χ2n) is 11.6. The average Bonchev–Trinajstić information content (AvgIpc) is 3.07. The van der Waals surface area contributed by atoms with Gasteiger partial charge in [0.2, 0.25) is 23.8 Å². The number of anilines is 3. The predicted octanol–water partition coefficient (Wildman–Crippen LogP) is 5.73. The Morgan fingerprint density at radius 2 is 1.40 bits per heavy atom. The van der Waals surface area contributed by atoms with E-state index in [4.69, 9.17) is 10.1 Å². The van der Waals surface area contributed by atoms with Crippen molar-refractivity contribution >= 4 is 29.7 Å². The maximum atomic E-state index is 12.9. The number of carbonyl (C=O) groups excluding carboxylic acids is 1. The maximum Gasteiger partial charge on any atom is 0.335 e. The zero-order chi connectivity index (χ0) is 31.4. The Balaban J connectivity index is 1.16. The first-order valence-corrected chi connectivity index (χ1v) is 15.6. The summed E-state index contributed by atoms with van der Waals surface area (Å²) in [6.45, 7) is 3.92. The number of benzene rings is 3. The van der Waals surface area contributed by atoms with E-state index in [0.29, 0.717) is 37.5 Å². The number of aromatic nitrogens is 3. The van der Waals surface area contributed by atoms with Crippen LogP contribution in [0.5, 0.6) is 0 Å². The number of amides is 1. The van der Waals surface area contributed by atoms with Crippen molar-refractivity contribution in [3.05, 3.63) is 107 Å². The number of nitrogens with zero attached hydrogens (tertiary/aromatic N) is 3. The van der Waals surface area contributed by atoms with Crippen molar-refractivity contribution in [2.24, 2.45) is 5.92 Å². The molecule has 10 nitrogen and oxygen atoms in total. The second-order valence-corrected chi connectivity index (χ2v) is 11.6. The van der Waals surface area contributed by atoms with Gasteiger partial charge in [0, 0.05) is 31.6 Å². The predicted molar refractivity (Wildman–Crippen MR) is 176 cm³/mol. The fraction of sp³-hybridized carbons (Fsp3) is 0.343. The number of carboxylic acids is 1. The Labute approximate surface area is 264 Å². The number of hydrogen-bond donors (Lipinski definition) is 5. The molecule has 1 amide bonds. The molecule has 0 saturated heterocycles. The van der Waals surface area contributed by atoms with Gasteiger partial charge >= 0.3 is 5.97 Å². The molecule has 1 fully saturated rings. The highest BCUT2D eigenvalue weighted by atomic mass is 16.4. The molecule has 5 rings (SSSR count). The van der Waals surface area contributed by atoms with Crippen molar-refractivity contribution in [2.75, 3.05) is 29.0 Å². The van der Waals surface area contributed by atoms with Crippen molar-refractivity contribution in [3.8, 4) is 0 Å². The summed E-state index contributed by atoms with van der Waals surface area (Å²) >= 11 is 0. The summed E-state index contributed by atoms with van der Waals surface area (Å²) in [4.78, 5) is 37.9. The molecule has 5 N–H and O–H groups in total. The molecule has 4 aromatic rings. The van der Waals surface area contributed by atoms with Crippen molar-refractivity contribution < 1.29 is 14.7 Å². The van der Waals surface area contributed by atoms with Crippen LogP contribution in [0.4, 0.5) is 17.8 Å². The fourth-order valence-electron chi connectivity index (χ4n) is 5.49. The average molecular weight is 608 g/mol. The van der Waals surface area contributed by atoms with Crippen molar-refractivity contribution in [3.63, 3.8) is 0 Å². The van der Waals surface area contributed by atoms with E-state index in [0.717, 1.165) is 37.7 Å². The fourth-order valence-corrected chi connectivity index (χ4v) is 5.49. The monoisotopic (exact) mass is 607 g/mol. The topological polar surface area (TPSA) is 141 Å². The lowest BCUT2D eigenvalue weighted by Crippen LogP contribution is -2.36. The third-order valence-corrected chi connectivity index (χ3v) is 8.21. The Kier molecular flexibility index (Phi) is 10.9. The van der Waals surface area contributed by atoms with Gasteiger partial charge in [-0.05, 0) is 66.8 Å². The summed E-state index contributed by atoms with van der Waals surface area (Å²) in [6, 6.07) is 27.4. The Morgan fingerprint density at radius 1 is 0.778 bits per heavy atom. The van der Waals surface area contributed by atoms with Crippen LogP contribution in [0, 0.1) is 5.92 Å². The van der Waals surface area contributed by atoms with Crippen LogP contribution >= 0.6 is 0 Å². The van der Waals surface area contributed by atoms with Gasteiger partial charge in [0.1, 0.15) is 0 Å². The molecule has 1 aromatic heterocycles. The molecule has 0 radical (unpaired) electrons. The highest BCUT2D eigenvalue weighted by Gasteiger charge is 2.27. The molecule has 0 aliphatic heterocycles. The Bertz CT molecular complexity index is 1530. The first kappa shape index (κ1) is 31.4. The molecule has 1 heterocycles. The third kappa shape index (κ3) is 9.50. The van der Waals surface area contributed by atoms with Crippen molar-refractivity contribution in [1.82, 2.24) is 20.3 Å². The molecule has 1 unspecified atom stereocenters. The molecule has 0 bridgehead atoms. The largest absolute Gasteiger partial charge is 0.478 e. The molecule has 3 aromatic carbocycles. The van der Waals surface area contributed by atoms with Crippen LogP contribution in [0.15, 0.2) is 84.9 Å². The van der Waals surface area contributed by atoms with Crippen LogP contribution in [-0.4, -0.2) is 51.1 Å². The van der Waals surface area contributed by atoms with Crippen molar-refractivity contribution in [2.45, 2.75) is 57.5 Å². The minimum atomic E-state index is -0.964. The van der Waals surface area contributed by atoms with Gasteiger partial charge in [0.15, 0.2) is 0 Å². The van der Waals surface area contributed by atoms with E-state index in [1.165, 1.54) is 11.1 Å². The summed E-state index contributed by atoms with van der Waals surface area (Å²) < 4.78 is 0. The van der Waals surface area contributed by atoms with Gasteiger partial charge in [-0.3, -0.25) is 4.79 Å². The van der Waals surface area contributed by atoms with E-state index in [1.807, 2.05) is 36.4 Å². The molecule has 1 atom stereocenters. The Hall–Kier alpha value is -4.99. The maximum absolute atomic E-state index is 12.9. The normalized spacial score (nSPS) is 16.7. The van der Waals surface area contributed by atoms with E-state index in [-0.39, 0.29) is 29.3 Å². The molecule has 234 valence electrons. The van der Waals surface area contributed by atoms with Crippen LogP contribution in [0.2, 0.25) is 0 Å². The standard InChI is InChI=1S/C35H41N7O3/c1-24(27-10-6-3-7-11-27)22-38-34-40-33(36-21-20-25-8-4-2-5-9-25)41-35(42-34)39-30-18-16-28(17-19-30)31(43)37-23-26-12-14-29(15-13-26)32(44)45/h2-15,24,28,30H,16-23H2,1H3,(H,37,43)(H,44,45)(H3,36,38,39,40,41,42). The molecule has 1 saturated carbocycles. The SMILES string of the molecule is CC(CNc1nc(NCCc2ccccc2)nc(NC2CCC(C(=O)NCc3ccc(C(=O)O)cc3)CC2)n1)c1ccccc1. The first-order chi connectivity index (χ1) is 21.9. The van der Waals surface area contributed by atoms with Crippen LogP contribution in [0.25, 0.3) is 0 Å². The lowest BCUT2D eigenvalue weighted by atomic mass is 9.85. The van der Waals surface area contributed by atoms with E-state index in [9.17, 15) is 9.59 Å². The molecule has 1 aliphatic carbocycles. The molecule has 10 heteroatoms. The van der Waals surface area contributed by atoms with Gasteiger partial charge in [-0.1, -0.05) is 79.7 Å². The number of hydrogen-bond acceptors (Lipinski definition) is 8. The highest BCUT2D eigenvalue weighted by molar-refractivity contribution is 5.87.